The van der Waals surface area contributed by atoms with E-state index in [2.05, 4.69) is 39.8 Å². The number of ether oxygens (including phenoxy) is 1. The summed E-state index contributed by atoms with van der Waals surface area (Å²) in [6.45, 7) is 9.26. The van der Waals surface area contributed by atoms with E-state index in [0.717, 1.165) is 50.4 Å². The number of guanidine groups is 1. The quantitative estimate of drug-likeness (QED) is 0.341. The average molecular weight is 555 g/mol. The van der Waals surface area contributed by atoms with Crippen molar-refractivity contribution in [3.63, 3.8) is 0 Å². The van der Waals surface area contributed by atoms with Gasteiger partial charge in [-0.05, 0) is 49.8 Å². The first kappa shape index (κ1) is 25.0. The van der Waals surface area contributed by atoms with Gasteiger partial charge in [0.05, 0.1) is 18.9 Å². The van der Waals surface area contributed by atoms with Crippen molar-refractivity contribution in [3.8, 4) is 0 Å². The number of imidazole rings is 1. The van der Waals surface area contributed by atoms with Crippen molar-refractivity contribution in [2.45, 2.75) is 44.6 Å². The summed E-state index contributed by atoms with van der Waals surface area (Å²) in [5.74, 6) is 1.36. The van der Waals surface area contributed by atoms with Gasteiger partial charge in [-0.25, -0.2) is 9.37 Å². The molecular formula is C24H35FIN5O. The molecule has 2 aromatic rings. The number of aliphatic imine (C=N–C) groups is 1. The monoisotopic (exact) mass is 555 g/mol. The smallest absolute Gasteiger partial charge is 0.194 e. The summed E-state index contributed by atoms with van der Waals surface area (Å²) in [6.07, 6.45) is 8.74. The third-order valence-electron chi connectivity index (χ3n) is 6.90. The SMILES string of the molecule is CCNC(=NCC1(c2ccc(F)cc2)CCOCC1)N1CCC(C)C(n2ccnc2)C1.I. The highest BCUT2D eigenvalue weighted by molar-refractivity contribution is 14.0. The summed E-state index contributed by atoms with van der Waals surface area (Å²) in [6, 6.07) is 7.34. The Kier molecular flexibility index (Phi) is 8.93. The summed E-state index contributed by atoms with van der Waals surface area (Å²) in [5, 5.41) is 3.51. The lowest BCUT2D eigenvalue weighted by Gasteiger charge is -2.40. The molecule has 4 rings (SSSR count). The lowest BCUT2D eigenvalue weighted by molar-refractivity contribution is 0.0529. The van der Waals surface area contributed by atoms with Crippen LogP contribution in [0.25, 0.3) is 0 Å². The molecule has 0 amide bonds. The van der Waals surface area contributed by atoms with Gasteiger partial charge >= 0.3 is 0 Å². The first-order valence-electron chi connectivity index (χ1n) is 11.5. The fourth-order valence-electron chi connectivity index (χ4n) is 4.85. The minimum absolute atomic E-state index is 0. The van der Waals surface area contributed by atoms with Gasteiger partial charge in [0.15, 0.2) is 5.96 Å². The lowest BCUT2D eigenvalue weighted by atomic mass is 9.74. The molecule has 3 heterocycles. The molecule has 8 heteroatoms. The number of halogens is 2. The molecule has 2 atom stereocenters. The maximum Gasteiger partial charge on any atom is 0.194 e. The molecule has 0 bridgehead atoms. The van der Waals surface area contributed by atoms with E-state index in [-0.39, 0.29) is 35.2 Å². The normalized spacial score (nSPS) is 23.5. The minimum atomic E-state index is -0.198. The minimum Gasteiger partial charge on any atom is -0.381 e. The number of benzene rings is 1. The fraction of sp³-hybridized carbons (Fsp3) is 0.583. The highest BCUT2D eigenvalue weighted by atomic mass is 127. The van der Waals surface area contributed by atoms with E-state index in [1.54, 1.807) is 12.1 Å². The molecule has 0 radical (unpaired) electrons. The Morgan fingerprint density at radius 3 is 2.69 bits per heavy atom. The summed E-state index contributed by atoms with van der Waals surface area (Å²) < 4.78 is 21.4. The molecule has 6 nitrogen and oxygen atoms in total. The molecule has 0 aliphatic carbocycles. The van der Waals surface area contributed by atoms with E-state index in [0.29, 0.717) is 31.7 Å². The zero-order valence-electron chi connectivity index (χ0n) is 19.0. The van der Waals surface area contributed by atoms with Gasteiger partial charge in [-0.1, -0.05) is 19.1 Å². The Balaban J connectivity index is 0.00000289. The first-order chi connectivity index (χ1) is 15.1. The topological polar surface area (TPSA) is 54.7 Å². The molecule has 0 spiro atoms. The van der Waals surface area contributed by atoms with Crippen LogP contribution in [0.2, 0.25) is 0 Å². The molecule has 2 aliphatic rings. The predicted molar refractivity (Wildman–Crippen MR) is 136 cm³/mol. The molecule has 32 heavy (non-hydrogen) atoms. The van der Waals surface area contributed by atoms with Gasteiger partial charge in [0, 0.05) is 50.7 Å². The zero-order chi connectivity index (χ0) is 21.7. The van der Waals surface area contributed by atoms with E-state index < -0.39 is 0 Å². The second-order valence-electron chi connectivity index (χ2n) is 8.86. The highest BCUT2D eigenvalue weighted by Gasteiger charge is 2.35. The van der Waals surface area contributed by atoms with Gasteiger partial charge in [0.1, 0.15) is 5.82 Å². The maximum atomic E-state index is 13.5. The van der Waals surface area contributed by atoms with Crippen LogP contribution in [0.3, 0.4) is 0 Å². The van der Waals surface area contributed by atoms with Crippen molar-refractivity contribution in [2.75, 3.05) is 39.4 Å². The molecule has 2 aliphatic heterocycles. The van der Waals surface area contributed by atoms with Crippen molar-refractivity contribution >= 4 is 29.9 Å². The van der Waals surface area contributed by atoms with Crippen LogP contribution in [-0.4, -0.2) is 59.8 Å². The number of hydrogen-bond acceptors (Lipinski definition) is 3. The third-order valence-corrected chi connectivity index (χ3v) is 6.90. The number of nitrogens with zero attached hydrogens (tertiary/aromatic N) is 4. The standard InChI is InChI=1S/C24H34FN5O.HI/c1-3-27-23(29-12-8-19(2)22(16-29)30-13-11-26-18-30)28-17-24(9-14-31-15-10-24)20-4-6-21(25)7-5-20;/h4-7,11,13,18-19,22H,3,8-10,12,14-17H2,1-2H3,(H,27,28);1H. The van der Waals surface area contributed by atoms with Crippen molar-refractivity contribution in [1.29, 1.82) is 0 Å². The zero-order valence-corrected chi connectivity index (χ0v) is 21.4. The van der Waals surface area contributed by atoms with Crippen LogP contribution in [0.15, 0.2) is 48.0 Å². The Morgan fingerprint density at radius 2 is 2.03 bits per heavy atom. The van der Waals surface area contributed by atoms with Crippen LogP contribution in [0, 0.1) is 11.7 Å². The number of piperidine rings is 1. The maximum absolute atomic E-state index is 13.5. The number of hydrogen-bond donors (Lipinski definition) is 1. The largest absolute Gasteiger partial charge is 0.381 e. The van der Waals surface area contributed by atoms with Crippen LogP contribution in [0.5, 0.6) is 0 Å². The molecular weight excluding hydrogens is 520 g/mol. The summed E-state index contributed by atoms with van der Waals surface area (Å²) in [4.78, 5) is 11.8. The van der Waals surface area contributed by atoms with Gasteiger partial charge in [-0.3, -0.25) is 4.99 Å². The fourth-order valence-corrected chi connectivity index (χ4v) is 4.85. The second kappa shape index (κ2) is 11.4. The van der Waals surface area contributed by atoms with Crippen LogP contribution in [0.4, 0.5) is 4.39 Å². The highest BCUT2D eigenvalue weighted by Crippen LogP contribution is 2.35. The molecule has 2 saturated heterocycles. The number of likely N-dealkylation sites (tertiary alicyclic amines) is 1. The number of rotatable bonds is 5. The van der Waals surface area contributed by atoms with Crippen molar-refractivity contribution in [3.05, 3.63) is 54.4 Å². The Labute approximate surface area is 207 Å². The third kappa shape index (κ3) is 5.62. The van der Waals surface area contributed by atoms with E-state index in [1.807, 2.05) is 24.7 Å². The van der Waals surface area contributed by atoms with Crippen LogP contribution in [0.1, 0.15) is 44.7 Å². The summed E-state index contributed by atoms with van der Waals surface area (Å²) >= 11 is 0. The first-order valence-corrected chi connectivity index (χ1v) is 11.5. The van der Waals surface area contributed by atoms with Gasteiger partial charge in [-0.2, -0.15) is 0 Å². The molecule has 1 aromatic heterocycles. The van der Waals surface area contributed by atoms with Gasteiger partial charge in [0.25, 0.3) is 0 Å². The van der Waals surface area contributed by atoms with Crippen LogP contribution >= 0.6 is 24.0 Å². The van der Waals surface area contributed by atoms with E-state index in [9.17, 15) is 4.39 Å². The van der Waals surface area contributed by atoms with Gasteiger partial charge < -0.3 is 19.5 Å². The predicted octanol–water partition coefficient (Wildman–Crippen LogP) is 4.24. The Hall–Kier alpha value is -1.68. The molecule has 1 aromatic carbocycles. The molecule has 176 valence electrons. The van der Waals surface area contributed by atoms with Crippen molar-refractivity contribution in [1.82, 2.24) is 19.8 Å². The van der Waals surface area contributed by atoms with E-state index in [1.165, 1.54) is 0 Å². The Morgan fingerprint density at radius 1 is 1.28 bits per heavy atom. The summed E-state index contributed by atoms with van der Waals surface area (Å²) in [7, 11) is 0. The van der Waals surface area contributed by atoms with Crippen LogP contribution < -0.4 is 5.32 Å². The van der Waals surface area contributed by atoms with Crippen molar-refractivity contribution in [2.24, 2.45) is 10.9 Å². The van der Waals surface area contributed by atoms with Crippen molar-refractivity contribution < 1.29 is 9.13 Å². The van der Waals surface area contributed by atoms with Crippen LogP contribution in [-0.2, 0) is 10.2 Å². The molecule has 0 saturated carbocycles. The van der Waals surface area contributed by atoms with E-state index in [4.69, 9.17) is 9.73 Å². The number of aromatic nitrogens is 2. The average Bonchev–Trinajstić information content (AvgIpc) is 3.33. The summed E-state index contributed by atoms with van der Waals surface area (Å²) in [5.41, 5.74) is 1.04. The second-order valence-corrected chi connectivity index (χ2v) is 8.86. The molecule has 1 N–H and O–H groups in total. The van der Waals surface area contributed by atoms with Gasteiger partial charge in [-0.15, -0.1) is 24.0 Å². The number of nitrogens with one attached hydrogen (secondary N) is 1. The molecule has 2 unspecified atom stereocenters. The van der Waals surface area contributed by atoms with E-state index >= 15 is 0 Å². The lowest BCUT2D eigenvalue weighted by Crippen LogP contribution is -2.49. The van der Waals surface area contributed by atoms with Gasteiger partial charge in [0.2, 0.25) is 0 Å². The Bertz CT molecular complexity index is 852. The molecule has 2 fully saturated rings.